The first-order valence-electron chi connectivity index (χ1n) is 7.27. The number of nitrogens with zero attached hydrogens (tertiary/aromatic N) is 7. The van der Waals surface area contributed by atoms with E-state index >= 15 is 0 Å². The molecular weight excluding hydrogens is 318 g/mol. The van der Waals surface area contributed by atoms with Crippen LogP contribution in [0.3, 0.4) is 0 Å². The molecule has 0 atom stereocenters. The van der Waals surface area contributed by atoms with Crippen LogP contribution in [0.4, 0.5) is 0 Å². The summed E-state index contributed by atoms with van der Waals surface area (Å²) in [4.78, 5) is 22.9. The number of carboxylic acids is 1. The number of hydrogen-bond acceptors (Lipinski definition) is 8. The molecule has 0 aliphatic heterocycles. The molecule has 2 heterocycles. The second kappa shape index (κ2) is 8.15. The van der Waals surface area contributed by atoms with Crippen molar-refractivity contribution < 1.29 is 19.4 Å². The standard InChI is InChI=1S/C13H19N7O4/c1-10(2)18(3-11-5-19(16-14-11)7-13(22)23)4-12-6-20(17-15-12)8-24-9-21/h5-6,9-10H,3-4,7-8H2,1-2H3,(H,22,23). The molecule has 0 saturated heterocycles. The Hall–Kier alpha value is -2.82. The molecule has 11 heteroatoms. The number of hydrogen-bond donors (Lipinski definition) is 1. The van der Waals surface area contributed by atoms with Gasteiger partial charge in [0.2, 0.25) is 0 Å². The highest BCUT2D eigenvalue weighted by molar-refractivity contribution is 5.66. The maximum absolute atomic E-state index is 10.7. The van der Waals surface area contributed by atoms with Gasteiger partial charge in [0.1, 0.15) is 6.54 Å². The monoisotopic (exact) mass is 337 g/mol. The number of carbonyl (C=O) groups is 2. The Bertz CT molecular complexity index is 681. The fraction of sp³-hybridized carbons (Fsp3) is 0.538. The fourth-order valence-corrected chi connectivity index (χ4v) is 2.04. The molecular formula is C13H19N7O4. The molecule has 0 bridgehead atoms. The highest BCUT2D eigenvalue weighted by atomic mass is 16.5. The van der Waals surface area contributed by atoms with E-state index in [0.29, 0.717) is 25.3 Å². The van der Waals surface area contributed by atoms with E-state index in [-0.39, 0.29) is 19.3 Å². The SMILES string of the molecule is CC(C)N(Cc1cn(COC=O)nn1)Cc1cn(CC(=O)O)nn1. The summed E-state index contributed by atoms with van der Waals surface area (Å²) < 4.78 is 7.32. The molecule has 0 unspecified atom stereocenters. The van der Waals surface area contributed by atoms with Gasteiger partial charge in [-0.15, -0.1) is 10.2 Å². The molecule has 24 heavy (non-hydrogen) atoms. The zero-order valence-electron chi connectivity index (χ0n) is 13.4. The average molecular weight is 337 g/mol. The summed E-state index contributed by atoms with van der Waals surface area (Å²) in [6.45, 7) is 5.21. The van der Waals surface area contributed by atoms with Gasteiger partial charge in [-0.3, -0.25) is 14.5 Å². The van der Waals surface area contributed by atoms with Crippen LogP contribution in [0.1, 0.15) is 25.2 Å². The molecule has 0 saturated carbocycles. The first-order valence-corrected chi connectivity index (χ1v) is 7.27. The number of rotatable bonds is 10. The molecule has 1 N–H and O–H groups in total. The van der Waals surface area contributed by atoms with Gasteiger partial charge in [-0.2, -0.15) is 0 Å². The Labute approximate surface area is 137 Å². The molecule has 0 aliphatic carbocycles. The molecule has 2 aromatic rings. The minimum Gasteiger partial charge on any atom is -0.480 e. The summed E-state index contributed by atoms with van der Waals surface area (Å²) in [5.74, 6) is -0.971. The van der Waals surface area contributed by atoms with Gasteiger partial charge in [0.05, 0.1) is 23.8 Å². The molecule has 0 spiro atoms. The van der Waals surface area contributed by atoms with Crippen molar-refractivity contribution in [3.63, 3.8) is 0 Å². The van der Waals surface area contributed by atoms with E-state index in [1.54, 1.807) is 12.4 Å². The predicted molar refractivity (Wildman–Crippen MR) is 79.2 cm³/mol. The van der Waals surface area contributed by atoms with E-state index in [1.807, 2.05) is 13.8 Å². The largest absolute Gasteiger partial charge is 0.480 e. The van der Waals surface area contributed by atoms with Crippen LogP contribution in [-0.2, 0) is 40.7 Å². The van der Waals surface area contributed by atoms with Gasteiger partial charge in [-0.25, -0.2) is 9.36 Å². The lowest BCUT2D eigenvalue weighted by atomic mass is 10.2. The highest BCUT2D eigenvalue weighted by Gasteiger charge is 2.15. The normalized spacial score (nSPS) is 11.2. The Morgan fingerprint density at radius 3 is 2.38 bits per heavy atom. The maximum atomic E-state index is 10.7. The third-order valence-corrected chi connectivity index (χ3v) is 3.20. The van der Waals surface area contributed by atoms with Crippen LogP contribution in [0.15, 0.2) is 12.4 Å². The van der Waals surface area contributed by atoms with Crippen molar-refractivity contribution in [1.29, 1.82) is 0 Å². The van der Waals surface area contributed by atoms with Gasteiger partial charge in [0.15, 0.2) is 6.73 Å². The molecule has 11 nitrogen and oxygen atoms in total. The number of carbonyl (C=O) groups excluding carboxylic acids is 1. The lowest BCUT2D eigenvalue weighted by molar-refractivity contribution is -0.138. The summed E-state index contributed by atoms with van der Waals surface area (Å²) in [6.07, 6.45) is 3.30. The molecule has 0 amide bonds. The molecule has 0 fully saturated rings. The topological polar surface area (TPSA) is 128 Å². The third kappa shape index (κ3) is 5.12. The molecule has 0 radical (unpaired) electrons. The minimum absolute atomic E-state index is 0.0156. The number of ether oxygens (including phenoxy) is 1. The molecule has 2 aromatic heterocycles. The summed E-state index contributed by atoms with van der Waals surface area (Å²) >= 11 is 0. The maximum Gasteiger partial charge on any atom is 0.325 e. The van der Waals surface area contributed by atoms with E-state index in [1.165, 1.54) is 9.36 Å². The summed E-state index contributed by atoms with van der Waals surface area (Å²) in [5.41, 5.74) is 1.39. The van der Waals surface area contributed by atoms with Crippen LogP contribution in [0.25, 0.3) is 0 Å². The predicted octanol–water partition coefficient (Wildman–Crippen LogP) is -0.505. The number of aliphatic carboxylic acids is 1. The van der Waals surface area contributed by atoms with E-state index < -0.39 is 5.97 Å². The Kier molecular flexibility index (Phi) is 5.95. The Morgan fingerprint density at radius 1 is 1.25 bits per heavy atom. The minimum atomic E-state index is -0.971. The average Bonchev–Trinajstić information content (AvgIpc) is 3.13. The lowest BCUT2D eigenvalue weighted by Crippen LogP contribution is -2.30. The van der Waals surface area contributed by atoms with Crippen LogP contribution < -0.4 is 0 Å². The Balaban J connectivity index is 1.98. The van der Waals surface area contributed by atoms with Gasteiger partial charge in [-0.05, 0) is 13.8 Å². The van der Waals surface area contributed by atoms with Gasteiger partial charge in [0, 0.05) is 19.1 Å². The van der Waals surface area contributed by atoms with Crippen molar-refractivity contribution in [2.24, 2.45) is 0 Å². The van der Waals surface area contributed by atoms with E-state index in [4.69, 9.17) is 5.11 Å². The highest BCUT2D eigenvalue weighted by Crippen LogP contribution is 2.10. The Morgan fingerprint density at radius 2 is 1.83 bits per heavy atom. The van der Waals surface area contributed by atoms with Crippen LogP contribution in [0.5, 0.6) is 0 Å². The van der Waals surface area contributed by atoms with Crippen LogP contribution >= 0.6 is 0 Å². The molecule has 0 aliphatic rings. The van der Waals surface area contributed by atoms with Crippen LogP contribution in [0.2, 0.25) is 0 Å². The first-order chi connectivity index (χ1) is 11.5. The summed E-state index contributed by atoms with van der Waals surface area (Å²) in [6, 6.07) is 0.200. The third-order valence-electron chi connectivity index (χ3n) is 3.20. The van der Waals surface area contributed by atoms with E-state index in [2.05, 4.69) is 30.3 Å². The van der Waals surface area contributed by atoms with Crippen molar-refractivity contribution in [2.45, 2.75) is 46.3 Å². The van der Waals surface area contributed by atoms with Gasteiger partial charge < -0.3 is 9.84 Å². The summed E-state index contributed by atoms with van der Waals surface area (Å²) in [5, 5.41) is 24.4. The summed E-state index contributed by atoms with van der Waals surface area (Å²) in [7, 11) is 0. The zero-order valence-corrected chi connectivity index (χ0v) is 13.4. The van der Waals surface area contributed by atoms with Crippen molar-refractivity contribution in [1.82, 2.24) is 34.9 Å². The second-order valence-corrected chi connectivity index (χ2v) is 5.44. The van der Waals surface area contributed by atoms with E-state index in [0.717, 1.165) is 5.69 Å². The van der Waals surface area contributed by atoms with E-state index in [9.17, 15) is 9.59 Å². The van der Waals surface area contributed by atoms with Gasteiger partial charge >= 0.3 is 5.97 Å². The molecule has 0 aromatic carbocycles. The van der Waals surface area contributed by atoms with Crippen LogP contribution in [-0.4, -0.2) is 58.5 Å². The van der Waals surface area contributed by atoms with Crippen molar-refractivity contribution in [2.75, 3.05) is 0 Å². The first kappa shape index (κ1) is 17.5. The number of aromatic nitrogens is 6. The smallest absolute Gasteiger partial charge is 0.325 e. The van der Waals surface area contributed by atoms with Crippen molar-refractivity contribution in [3.8, 4) is 0 Å². The van der Waals surface area contributed by atoms with Gasteiger partial charge in [0.25, 0.3) is 6.47 Å². The molecule has 2 rings (SSSR count). The fourth-order valence-electron chi connectivity index (χ4n) is 2.04. The van der Waals surface area contributed by atoms with Crippen LogP contribution in [0, 0.1) is 0 Å². The zero-order chi connectivity index (χ0) is 17.5. The quantitative estimate of drug-likeness (QED) is 0.570. The number of carboxylic acid groups (broad SMARTS) is 1. The van der Waals surface area contributed by atoms with Crippen molar-refractivity contribution in [3.05, 3.63) is 23.8 Å². The second-order valence-electron chi connectivity index (χ2n) is 5.44. The lowest BCUT2D eigenvalue weighted by Gasteiger charge is -2.24. The van der Waals surface area contributed by atoms with Crippen molar-refractivity contribution >= 4 is 12.4 Å². The van der Waals surface area contributed by atoms with Gasteiger partial charge in [-0.1, -0.05) is 10.4 Å². The molecule has 130 valence electrons.